The second-order valence-electron chi connectivity index (χ2n) is 5.60. The Hall–Kier alpha value is -1.69. The second kappa shape index (κ2) is 5.60. The highest BCUT2D eigenvalue weighted by molar-refractivity contribution is 9.10. The maximum absolute atomic E-state index is 12.6. The number of hydrogen-bond acceptors (Lipinski definition) is 3. The van der Waals surface area contributed by atoms with Crippen LogP contribution in [0.25, 0.3) is 0 Å². The van der Waals surface area contributed by atoms with Gasteiger partial charge < -0.3 is 0 Å². The topological polar surface area (TPSA) is 66.5 Å². The zero-order valence-corrected chi connectivity index (χ0v) is 13.9. The Morgan fingerprint density at radius 3 is 2.33 bits per heavy atom. The van der Waals surface area contributed by atoms with E-state index in [1.807, 2.05) is 26.0 Å². The van der Waals surface area contributed by atoms with Gasteiger partial charge in [0.1, 0.15) is 5.92 Å². The zero-order chi connectivity index (χ0) is 15.9. The SMILES string of the molecule is Cc1cc(C)c(N2C(=O)NC(=O)C(C(C)C)C2=O)c(Br)c1. The molecule has 1 heterocycles. The van der Waals surface area contributed by atoms with Gasteiger partial charge in [0, 0.05) is 4.47 Å². The van der Waals surface area contributed by atoms with E-state index in [-0.39, 0.29) is 5.92 Å². The molecule has 1 aliphatic heterocycles. The molecule has 4 amide bonds. The van der Waals surface area contributed by atoms with Crippen LogP contribution in [0, 0.1) is 25.7 Å². The summed E-state index contributed by atoms with van der Waals surface area (Å²) in [6.07, 6.45) is 0. The lowest BCUT2D eigenvalue weighted by Crippen LogP contribution is -2.59. The van der Waals surface area contributed by atoms with Gasteiger partial charge in [0.05, 0.1) is 5.69 Å². The second-order valence-corrected chi connectivity index (χ2v) is 6.46. The summed E-state index contributed by atoms with van der Waals surface area (Å²) in [5.41, 5.74) is 2.30. The van der Waals surface area contributed by atoms with Crippen LogP contribution in [-0.4, -0.2) is 17.8 Å². The normalized spacial score (nSPS) is 19.2. The summed E-state index contributed by atoms with van der Waals surface area (Å²) in [4.78, 5) is 37.7. The van der Waals surface area contributed by atoms with E-state index in [1.54, 1.807) is 13.8 Å². The Bertz CT molecular complexity index is 617. The first-order valence-corrected chi connectivity index (χ1v) is 7.49. The van der Waals surface area contributed by atoms with Crippen molar-refractivity contribution in [1.29, 1.82) is 0 Å². The third-order valence-electron chi connectivity index (χ3n) is 3.49. The number of carbonyl (C=O) groups excluding carboxylic acids is 3. The van der Waals surface area contributed by atoms with Gasteiger partial charge >= 0.3 is 6.03 Å². The number of nitrogens with zero attached hydrogens (tertiary/aromatic N) is 1. The minimum atomic E-state index is -0.852. The first-order chi connectivity index (χ1) is 9.73. The molecule has 1 aromatic carbocycles. The molecule has 112 valence electrons. The van der Waals surface area contributed by atoms with Crippen LogP contribution in [0.5, 0.6) is 0 Å². The summed E-state index contributed by atoms with van der Waals surface area (Å²) < 4.78 is 0.653. The Balaban J connectivity index is 2.55. The van der Waals surface area contributed by atoms with Crippen molar-refractivity contribution in [3.05, 3.63) is 27.7 Å². The van der Waals surface area contributed by atoms with Crippen LogP contribution in [-0.2, 0) is 9.59 Å². The fourth-order valence-electron chi connectivity index (χ4n) is 2.58. The number of hydrogen-bond donors (Lipinski definition) is 1. The molecule has 0 bridgehead atoms. The Labute approximate surface area is 131 Å². The van der Waals surface area contributed by atoms with E-state index in [9.17, 15) is 14.4 Å². The van der Waals surface area contributed by atoms with Crippen LogP contribution in [0.2, 0.25) is 0 Å². The summed E-state index contributed by atoms with van der Waals surface area (Å²) in [6, 6.07) is 3.03. The number of halogens is 1. The van der Waals surface area contributed by atoms with Gasteiger partial charge in [-0.1, -0.05) is 19.9 Å². The maximum Gasteiger partial charge on any atom is 0.335 e. The van der Waals surface area contributed by atoms with Crippen molar-refractivity contribution in [1.82, 2.24) is 5.32 Å². The standard InChI is InChI=1S/C15H17BrN2O3/c1-7(2)11-13(19)17-15(21)18(14(11)20)12-9(4)5-8(3)6-10(12)16/h5-7,11H,1-4H3,(H,17,19,21). The number of benzene rings is 1. The minimum absolute atomic E-state index is 0.183. The number of imide groups is 2. The minimum Gasteiger partial charge on any atom is -0.277 e. The summed E-state index contributed by atoms with van der Waals surface area (Å²) in [6.45, 7) is 7.33. The number of amides is 4. The lowest BCUT2D eigenvalue weighted by molar-refractivity contribution is -0.136. The Morgan fingerprint density at radius 1 is 1.19 bits per heavy atom. The van der Waals surface area contributed by atoms with E-state index in [1.165, 1.54) is 0 Å². The molecule has 1 aromatic rings. The fourth-order valence-corrected chi connectivity index (χ4v) is 3.43. The van der Waals surface area contributed by atoms with Gasteiger partial charge in [-0.15, -0.1) is 0 Å². The van der Waals surface area contributed by atoms with E-state index >= 15 is 0 Å². The van der Waals surface area contributed by atoms with Crippen LogP contribution in [0.1, 0.15) is 25.0 Å². The molecule has 0 saturated carbocycles. The highest BCUT2D eigenvalue weighted by Crippen LogP contribution is 2.34. The number of anilines is 1. The van der Waals surface area contributed by atoms with E-state index < -0.39 is 23.8 Å². The summed E-state index contributed by atoms with van der Waals surface area (Å²) in [5.74, 6) is -2.04. The summed E-state index contributed by atoms with van der Waals surface area (Å²) in [7, 11) is 0. The molecule has 0 spiro atoms. The van der Waals surface area contributed by atoms with Crippen LogP contribution < -0.4 is 10.2 Å². The van der Waals surface area contributed by atoms with Gasteiger partial charge in [-0.2, -0.15) is 0 Å². The molecule has 1 N–H and O–H groups in total. The number of nitrogens with one attached hydrogen (secondary N) is 1. The number of barbiturate groups is 1. The van der Waals surface area contributed by atoms with Crippen molar-refractivity contribution in [2.45, 2.75) is 27.7 Å². The number of carbonyl (C=O) groups is 3. The van der Waals surface area contributed by atoms with Gasteiger partial charge in [-0.05, 0) is 52.9 Å². The molecule has 0 aliphatic carbocycles. The average molecular weight is 353 g/mol. The highest BCUT2D eigenvalue weighted by atomic mass is 79.9. The van der Waals surface area contributed by atoms with Crippen molar-refractivity contribution in [3.63, 3.8) is 0 Å². The van der Waals surface area contributed by atoms with E-state index in [0.717, 1.165) is 16.0 Å². The molecule has 6 heteroatoms. The number of urea groups is 1. The fraction of sp³-hybridized carbons (Fsp3) is 0.400. The Morgan fingerprint density at radius 2 is 1.81 bits per heavy atom. The third-order valence-corrected chi connectivity index (χ3v) is 4.10. The largest absolute Gasteiger partial charge is 0.335 e. The molecule has 1 saturated heterocycles. The molecule has 1 unspecified atom stereocenters. The van der Waals surface area contributed by atoms with Gasteiger partial charge in [0.2, 0.25) is 11.8 Å². The zero-order valence-electron chi connectivity index (χ0n) is 12.4. The molecule has 21 heavy (non-hydrogen) atoms. The van der Waals surface area contributed by atoms with Crippen LogP contribution in [0.15, 0.2) is 16.6 Å². The van der Waals surface area contributed by atoms with Crippen molar-refractivity contribution in [3.8, 4) is 0 Å². The maximum atomic E-state index is 12.6. The van der Waals surface area contributed by atoms with Gasteiger partial charge in [-0.25, -0.2) is 9.69 Å². The van der Waals surface area contributed by atoms with E-state index in [0.29, 0.717) is 10.2 Å². The van der Waals surface area contributed by atoms with Gasteiger partial charge in [0.25, 0.3) is 0 Å². The first-order valence-electron chi connectivity index (χ1n) is 6.69. The number of rotatable bonds is 2. The third kappa shape index (κ3) is 2.72. The van der Waals surface area contributed by atoms with Crippen molar-refractivity contribution >= 4 is 39.5 Å². The molecule has 0 radical (unpaired) electrons. The Kier molecular flexibility index (Phi) is 4.18. The number of aryl methyl sites for hydroxylation is 2. The molecular formula is C15H17BrN2O3. The predicted molar refractivity (Wildman–Crippen MR) is 83.0 cm³/mol. The van der Waals surface area contributed by atoms with Crippen molar-refractivity contribution in [2.24, 2.45) is 11.8 Å². The van der Waals surface area contributed by atoms with Gasteiger partial charge in [0.15, 0.2) is 0 Å². The predicted octanol–water partition coefficient (Wildman–Crippen LogP) is 2.92. The summed E-state index contributed by atoms with van der Waals surface area (Å²) >= 11 is 3.40. The lowest BCUT2D eigenvalue weighted by atomic mass is 9.91. The first kappa shape index (κ1) is 15.7. The lowest BCUT2D eigenvalue weighted by Gasteiger charge is -2.33. The molecule has 1 aliphatic rings. The average Bonchev–Trinajstić information content (AvgIpc) is 2.30. The molecule has 2 rings (SSSR count). The molecule has 0 aromatic heterocycles. The van der Waals surface area contributed by atoms with E-state index in [2.05, 4.69) is 21.2 Å². The highest BCUT2D eigenvalue weighted by Gasteiger charge is 2.43. The van der Waals surface area contributed by atoms with Crippen LogP contribution in [0.3, 0.4) is 0 Å². The molecule has 1 atom stereocenters. The molecule has 1 fully saturated rings. The smallest absolute Gasteiger partial charge is 0.277 e. The van der Waals surface area contributed by atoms with Gasteiger partial charge in [-0.3, -0.25) is 14.9 Å². The molecular weight excluding hydrogens is 336 g/mol. The van der Waals surface area contributed by atoms with Crippen LogP contribution in [0.4, 0.5) is 10.5 Å². The summed E-state index contributed by atoms with van der Waals surface area (Å²) in [5, 5.41) is 2.27. The van der Waals surface area contributed by atoms with E-state index in [4.69, 9.17) is 0 Å². The monoisotopic (exact) mass is 352 g/mol. The molecule has 5 nitrogen and oxygen atoms in total. The van der Waals surface area contributed by atoms with Crippen LogP contribution >= 0.6 is 15.9 Å². The van der Waals surface area contributed by atoms with Crippen molar-refractivity contribution in [2.75, 3.05) is 4.90 Å². The quantitative estimate of drug-likeness (QED) is 0.832. The van der Waals surface area contributed by atoms with Crippen molar-refractivity contribution < 1.29 is 14.4 Å².